The summed E-state index contributed by atoms with van der Waals surface area (Å²) in [6.07, 6.45) is 42.2. The third-order valence-corrected chi connectivity index (χ3v) is 8.51. The summed E-state index contributed by atoms with van der Waals surface area (Å²) >= 11 is 0. The number of phosphoric acid groups is 1. The Hall–Kier alpha value is -2.29. The molecule has 0 aliphatic carbocycles. The Labute approximate surface area is 309 Å². The fourth-order valence-electron chi connectivity index (χ4n) is 5.08. The lowest BCUT2D eigenvalue weighted by molar-refractivity contribution is -0.161. The molecular formula is C41H71O9P. The van der Waals surface area contributed by atoms with E-state index >= 15 is 0 Å². The second-order valence-electron chi connectivity index (χ2n) is 13.2. The number of aliphatic hydroxyl groups is 1. The Bertz CT molecular complexity index is 1030. The van der Waals surface area contributed by atoms with E-state index in [2.05, 4.69) is 60.1 Å². The summed E-state index contributed by atoms with van der Waals surface area (Å²) < 4.78 is 26.3. The fourth-order valence-corrected chi connectivity index (χ4v) is 5.44. The number of rotatable bonds is 35. The highest BCUT2D eigenvalue weighted by molar-refractivity contribution is 7.46. The molecule has 0 amide bonds. The molecule has 9 nitrogen and oxygen atoms in total. The number of ether oxygens (including phenoxy) is 2. The number of carbonyl (C=O) groups is 2. The quantitative estimate of drug-likeness (QED) is 0.0251. The van der Waals surface area contributed by atoms with Gasteiger partial charge in [-0.1, -0.05) is 119 Å². The summed E-state index contributed by atoms with van der Waals surface area (Å²) in [4.78, 5) is 42.7. The lowest BCUT2D eigenvalue weighted by atomic mass is 10.1. The molecule has 0 spiro atoms. The van der Waals surface area contributed by atoms with Gasteiger partial charge >= 0.3 is 19.8 Å². The summed E-state index contributed by atoms with van der Waals surface area (Å²) in [5, 5.41) is 9.24. The van der Waals surface area contributed by atoms with Crippen LogP contribution in [-0.4, -0.2) is 52.3 Å². The lowest BCUT2D eigenvalue weighted by Crippen LogP contribution is -2.29. The Balaban J connectivity index is 4.07. The maximum Gasteiger partial charge on any atom is 0.469 e. The Morgan fingerprint density at radius 1 is 0.588 bits per heavy atom. The van der Waals surface area contributed by atoms with Crippen LogP contribution in [-0.2, 0) is 28.2 Å². The predicted molar refractivity (Wildman–Crippen MR) is 208 cm³/mol. The molecule has 0 radical (unpaired) electrons. The van der Waals surface area contributed by atoms with Crippen LogP contribution >= 0.6 is 7.82 Å². The van der Waals surface area contributed by atoms with Crippen LogP contribution < -0.4 is 0 Å². The highest BCUT2D eigenvalue weighted by Crippen LogP contribution is 2.36. The molecule has 3 N–H and O–H groups in total. The normalized spacial score (nSPS) is 13.7. The van der Waals surface area contributed by atoms with Gasteiger partial charge in [-0.15, -0.1) is 0 Å². The first kappa shape index (κ1) is 48.7. The van der Waals surface area contributed by atoms with Gasteiger partial charge in [0.25, 0.3) is 0 Å². The van der Waals surface area contributed by atoms with Crippen molar-refractivity contribution in [2.24, 2.45) is 0 Å². The standard InChI is InChI=1S/C41H71O9P/c1-3-4-5-6-7-8-9-10-12-16-19-22-25-28-31-34-40(43)48-36-39(37-49-51(45,46)47)50-41(44)35-32-29-26-23-20-17-14-11-13-15-18-21-24-27-30-33-38(2)42/h8-9,13-15,17,21,23-24,26,38-39,42H,3-7,10-12,16,18-20,22,25,27-37H2,1-2H3,(H2,45,46,47)/b9-8-,15-13-,17-14-,24-21-,26-23-/t38-,39+/m0/s1. The zero-order chi connectivity index (χ0) is 37.7. The molecule has 0 aliphatic rings. The summed E-state index contributed by atoms with van der Waals surface area (Å²) in [5.41, 5.74) is 0. The number of allylic oxidation sites excluding steroid dienone is 10. The minimum absolute atomic E-state index is 0.121. The number of aliphatic hydroxyl groups excluding tert-OH is 1. The number of hydrogen-bond donors (Lipinski definition) is 3. The molecule has 294 valence electrons. The number of unbranched alkanes of at least 4 members (excludes halogenated alkanes) is 13. The molecular weight excluding hydrogens is 667 g/mol. The molecule has 0 rings (SSSR count). The van der Waals surface area contributed by atoms with Gasteiger partial charge in [-0.25, -0.2) is 4.57 Å². The Morgan fingerprint density at radius 3 is 1.59 bits per heavy atom. The highest BCUT2D eigenvalue weighted by atomic mass is 31.2. The Kier molecular flexibility index (Phi) is 34.5. The molecule has 0 bridgehead atoms. The third-order valence-electron chi connectivity index (χ3n) is 8.03. The average Bonchev–Trinajstić information content (AvgIpc) is 3.08. The fraction of sp³-hybridized carbons (Fsp3) is 0.707. The molecule has 2 atom stereocenters. The molecule has 0 saturated heterocycles. The van der Waals surface area contributed by atoms with Gasteiger partial charge in [-0.3, -0.25) is 14.1 Å². The van der Waals surface area contributed by atoms with Gasteiger partial charge in [-0.2, -0.15) is 0 Å². The number of carbonyl (C=O) groups excluding carboxylic acids is 2. The molecule has 0 aliphatic heterocycles. The van der Waals surface area contributed by atoms with Crippen LogP contribution in [0.3, 0.4) is 0 Å². The van der Waals surface area contributed by atoms with Gasteiger partial charge < -0.3 is 24.4 Å². The Morgan fingerprint density at radius 2 is 1.04 bits per heavy atom. The van der Waals surface area contributed by atoms with Crippen LogP contribution in [0.15, 0.2) is 60.8 Å². The maximum absolute atomic E-state index is 12.4. The monoisotopic (exact) mass is 738 g/mol. The van der Waals surface area contributed by atoms with Crippen LogP contribution in [0.4, 0.5) is 0 Å². The number of hydrogen-bond acceptors (Lipinski definition) is 7. The first-order valence-electron chi connectivity index (χ1n) is 19.6. The SMILES string of the molecule is CCCCCC/C=C\CCCCCCCCCC(=O)OC[C@H](COP(=O)(O)O)OC(=O)CCC/C=C\C/C=C\C/C=C\C/C=C\CCC[C@H](C)O. The first-order valence-corrected chi connectivity index (χ1v) is 21.1. The maximum atomic E-state index is 12.4. The largest absolute Gasteiger partial charge is 0.469 e. The lowest BCUT2D eigenvalue weighted by Gasteiger charge is -2.18. The topological polar surface area (TPSA) is 140 Å². The van der Waals surface area contributed by atoms with Crippen LogP contribution in [0.2, 0.25) is 0 Å². The molecule has 0 aromatic rings. The zero-order valence-corrected chi connectivity index (χ0v) is 32.7. The van der Waals surface area contributed by atoms with Crippen molar-refractivity contribution >= 4 is 19.8 Å². The molecule has 0 fully saturated rings. The third kappa shape index (κ3) is 40.3. The molecule has 51 heavy (non-hydrogen) atoms. The van der Waals surface area contributed by atoms with Gasteiger partial charge in [-0.05, 0) is 90.4 Å². The van der Waals surface area contributed by atoms with E-state index in [0.717, 1.165) is 64.2 Å². The van der Waals surface area contributed by atoms with E-state index in [-0.39, 0.29) is 25.6 Å². The molecule has 0 saturated carbocycles. The van der Waals surface area contributed by atoms with Crippen LogP contribution in [0.5, 0.6) is 0 Å². The molecule has 0 aromatic heterocycles. The van der Waals surface area contributed by atoms with Gasteiger partial charge in [0.15, 0.2) is 6.10 Å². The van der Waals surface area contributed by atoms with Crippen molar-refractivity contribution in [3.63, 3.8) is 0 Å². The molecule has 10 heteroatoms. The van der Waals surface area contributed by atoms with Crippen molar-refractivity contribution < 1.29 is 43.0 Å². The van der Waals surface area contributed by atoms with E-state index in [4.69, 9.17) is 19.3 Å². The van der Waals surface area contributed by atoms with Gasteiger partial charge in [0.1, 0.15) is 6.61 Å². The average molecular weight is 739 g/mol. The summed E-state index contributed by atoms with van der Waals surface area (Å²) in [7, 11) is -4.78. The second-order valence-corrected chi connectivity index (χ2v) is 14.4. The van der Waals surface area contributed by atoms with Gasteiger partial charge in [0.2, 0.25) is 0 Å². The van der Waals surface area contributed by atoms with Gasteiger partial charge in [0.05, 0.1) is 12.7 Å². The van der Waals surface area contributed by atoms with Crippen molar-refractivity contribution in [1.29, 1.82) is 0 Å². The van der Waals surface area contributed by atoms with E-state index in [1.807, 2.05) is 19.1 Å². The molecule has 0 unspecified atom stereocenters. The van der Waals surface area contributed by atoms with E-state index in [0.29, 0.717) is 19.3 Å². The summed E-state index contributed by atoms with van der Waals surface area (Å²) in [6, 6.07) is 0. The van der Waals surface area contributed by atoms with E-state index in [9.17, 15) is 19.3 Å². The summed E-state index contributed by atoms with van der Waals surface area (Å²) in [5.74, 6) is -0.976. The van der Waals surface area contributed by atoms with E-state index < -0.39 is 32.5 Å². The van der Waals surface area contributed by atoms with E-state index in [1.165, 1.54) is 51.4 Å². The van der Waals surface area contributed by atoms with Crippen molar-refractivity contribution in [3.8, 4) is 0 Å². The first-order chi connectivity index (χ1) is 24.6. The van der Waals surface area contributed by atoms with E-state index in [1.54, 1.807) is 0 Å². The van der Waals surface area contributed by atoms with Crippen molar-refractivity contribution in [3.05, 3.63) is 60.8 Å². The smallest absolute Gasteiger partial charge is 0.462 e. The van der Waals surface area contributed by atoms with Crippen LogP contribution in [0.25, 0.3) is 0 Å². The number of esters is 2. The van der Waals surface area contributed by atoms with Gasteiger partial charge in [0, 0.05) is 12.8 Å². The number of phosphoric ester groups is 1. The second kappa shape index (κ2) is 36.1. The molecule has 0 aromatic carbocycles. The van der Waals surface area contributed by atoms with Crippen molar-refractivity contribution in [2.45, 2.75) is 174 Å². The zero-order valence-electron chi connectivity index (χ0n) is 31.8. The van der Waals surface area contributed by atoms with Crippen molar-refractivity contribution in [1.82, 2.24) is 0 Å². The summed E-state index contributed by atoms with van der Waals surface area (Å²) in [6.45, 7) is 3.16. The molecule has 0 heterocycles. The predicted octanol–water partition coefficient (Wildman–Crippen LogP) is 10.7. The van der Waals surface area contributed by atoms with Crippen LogP contribution in [0.1, 0.15) is 162 Å². The minimum atomic E-state index is -4.78. The van der Waals surface area contributed by atoms with Crippen molar-refractivity contribution in [2.75, 3.05) is 13.2 Å². The highest BCUT2D eigenvalue weighted by Gasteiger charge is 2.22. The van der Waals surface area contributed by atoms with Crippen LogP contribution in [0, 0.1) is 0 Å². The minimum Gasteiger partial charge on any atom is -0.462 e.